The Bertz CT molecular complexity index is 584. The lowest BCUT2D eigenvalue weighted by molar-refractivity contribution is -0.138. The summed E-state index contributed by atoms with van der Waals surface area (Å²) in [5.74, 6) is 0.339. The van der Waals surface area contributed by atoms with Crippen molar-refractivity contribution in [2.24, 2.45) is 11.8 Å². The highest BCUT2D eigenvalue weighted by molar-refractivity contribution is 5.88. The summed E-state index contributed by atoms with van der Waals surface area (Å²) >= 11 is 0. The third-order valence-corrected chi connectivity index (χ3v) is 5.81. The molecule has 1 aliphatic rings. The number of likely N-dealkylation sites (N-methyl/N-ethyl adjacent to an activating group) is 1. The third kappa shape index (κ3) is 15.1. The molecule has 1 heterocycles. The van der Waals surface area contributed by atoms with Crippen LogP contribution in [-0.2, 0) is 19.1 Å². The van der Waals surface area contributed by atoms with Crippen molar-refractivity contribution in [1.82, 2.24) is 15.1 Å². The van der Waals surface area contributed by atoms with Crippen molar-refractivity contribution < 1.29 is 19.1 Å². The molecule has 0 bridgehead atoms. The molecular weight excluding hydrogens is 430 g/mol. The number of likely N-dealkylation sites (tertiary alicyclic amines) is 1. The largest absolute Gasteiger partial charge is 0.463 e. The number of nitrogens with zero attached hydrogens (tertiary/aromatic N) is 2. The number of carbonyl (C=O) groups excluding carboxylic acids is 3. The zero-order valence-electron chi connectivity index (χ0n) is 23.6. The molecule has 0 aromatic heterocycles. The minimum atomic E-state index is -0.384. The molecular formula is C27H53N3O4. The van der Waals surface area contributed by atoms with Crippen LogP contribution in [0.3, 0.4) is 0 Å². The van der Waals surface area contributed by atoms with E-state index in [9.17, 15) is 14.4 Å². The lowest BCUT2D eigenvalue weighted by Crippen LogP contribution is -2.43. The fraction of sp³-hybridized carbons (Fsp3) is 0.815. The van der Waals surface area contributed by atoms with Crippen LogP contribution in [0.15, 0.2) is 11.6 Å². The van der Waals surface area contributed by atoms with E-state index in [1.807, 2.05) is 13.8 Å². The van der Waals surface area contributed by atoms with Gasteiger partial charge in [0.05, 0.1) is 19.2 Å². The van der Waals surface area contributed by atoms with Crippen LogP contribution in [0.2, 0.25) is 0 Å². The van der Waals surface area contributed by atoms with Gasteiger partial charge in [-0.1, -0.05) is 60.5 Å². The summed E-state index contributed by atoms with van der Waals surface area (Å²) in [7, 11) is 1.65. The van der Waals surface area contributed by atoms with E-state index in [-0.39, 0.29) is 30.4 Å². The fourth-order valence-corrected chi connectivity index (χ4v) is 3.49. The monoisotopic (exact) mass is 483 g/mol. The van der Waals surface area contributed by atoms with Crippen molar-refractivity contribution in [3.63, 3.8) is 0 Å². The van der Waals surface area contributed by atoms with Gasteiger partial charge in [0.1, 0.15) is 0 Å². The molecule has 2 amide bonds. The normalized spacial score (nSPS) is 15.8. The zero-order chi connectivity index (χ0) is 26.7. The summed E-state index contributed by atoms with van der Waals surface area (Å²) in [6.45, 7) is 21.5. The molecule has 2 atom stereocenters. The summed E-state index contributed by atoms with van der Waals surface area (Å²) in [5.41, 5.74) is 0.466. The van der Waals surface area contributed by atoms with Crippen molar-refractivity contribution in [1.29, 1.82) is 0 Å². The number of hydrogen-bond donors (Lipinski definition) is 1. The third-order valence-electron chi connectivity index (χ3n) is 5.81. The topological polar surface area (TPSA) is 79.0 Å². The number of carbonyl (C=O) groups is 3. The van der Waals surface area contributed by atoms with Crippen LogP contribution in [0.5, 0.6) is 0 Å². The molecule has 1 saturated heterocycles. The second kappa shape index (κ2) is 20.5. The maximum Gasteiger partial charge on any atom is 0.333 e. The van der Waals surface area contributed by atoms with Gasteiger partial charge in [-0.2, -0.15) is 0 Å². The Morgan fingerprint density at radius 2 is 1.53 bits per heavy atom. The average Bonchev–Trinajstić information content (AvgIpc) is 2.81. The lowest BCUT2D eigenvalue weighted by atomic mass is 10.00. The molecule has 1 unspecified atom stereocenters. The molecule has 200 valence electrons. The highest BCUT2D eigenvalue weighted by Gasteiger charge is 2.22. The fourth-order valence-electron chi connectivity index (χ4n) is 3.49. The van der Waals surface area contributed by atoms with Crippen molar-refractivity contribution in [2.75, 3.05) is 33.3 Å². The molecule has 0 saturated carbocycles. The predicted octanol–water partition coefficient (Wildman–Crippen LogP) is 4.66. The molecule has 7 nitrogen and oxygen atoms in total. The van der Waals surface area contributed by atoms with Crippen LogP contribution in [0, 0.1) is 11.8 Å². The van der Waals surface area contributed by atoms with Crippen LogP contribution in [0.1, 0.15) is 88.0 Å². The van der Waals surface area contributed by atoms with E-state index >= 15 is 0 Å². The number of rotatable bonds is 10. The minimum absolute atomic E-state index is 0.0600. The highest BCUT2D eigenvalue weighted by atomic mass is 16.5. The molecule has 1 fully saturated rings. The minimum Gasteiger partial charge on any atom is -0.463 e. The molecule has 0 aromatic rings. The van der Waals surface area contributed by atoms with Crippen LogP contribution in [0.4, 0.5) is 0 Å². The summed E-state index contributed by atoms with van der Waals surface area (Å²) < 4.78 is 4.92. The Balaban J connectivity index is 0. The van der Waals surface area contributed by atoms with E-state index in [1.54, 1.807) is 27.0 Å². The van der Waals surface area contributed by atoms with Crippen LogP contribution < -0.4 is 5.32 Å². The summed E-state index contributed by atoms with van der Waals surface area (Å²) in [6, 6.07) is 0.552. The number of ether oxygens (including phenoxy) is 1. The Morgan fingerprint density at radius 1 is 1.00 bits per heavy atom. The van der Waals surface area contributed by atoms with E-state index in [0.717, 1.165) is 12.0 Å². The average molecular weight is 484 g/mol. The molecule has 1 rings (SSSR count). The maximum absolute atomic E-state index is 11.9. The van der Waals surface area contributed by atoms with Gasteiger partial charge in [0.25, 0.3) is 0 Å². The van der Waals surface area contributed by atoms with Crippen LogP contribution >= 0.6 is 0 Å². The molecule has 0 radical (unpaired) electrons. The second-order valence-corrected chi connectivity index (χ2v) is 9.60. The maximum atomic E-state index is 11.9. The van der Waals surface area contributed by atoms with Gasteiger partial charge >= 0.3 is 5.97 Å². The summed E-state index contributed by atoms with van der Waals surface area (Å²) in [5, 5.41) is 2.34. The number of amides is 2. The first-order chi connectivity index (χ1) is 16.0. The second-order valence-electron chi connectivity index (χ2n) is 9.60. The van der Waals surface area contributed by atoms with E-state index in [1.165, 1.54) is 43.7 Å². The van der Waals surface area contributed by atoms with Gasteiger partial charge in [-0.05, 0) is 58.5 Å². The zero-order valence-corrected chi connectivity index (χ0v) is 23.6. The molecule has 0 aliphatic carbocycles. The van der Waals surface area contributed by atoms with E-state index in [4.69, 9.17) is 4.74 Å². The SMILES string of the molecule is CC(C)C(C)N1CCCCC1.CCC.CCOC(=O)/C(C)=C/[C@H](C(C)C)N(C)C(=O)CNC=O. The van der Waals surface area contributed by atoms with Crippen molar-refractivity contribution >= 4 is 18.3 Å². The molecule has 1 aliphatic heterocycles. The van der Waals surface area contributed by atoms with Gasteiger partial charge in [-0.15, -0.1) is 0 Å². The standard InChI is InChI=1S/C14H24N2O4.C10H21N.C3H8/c1-6-20-14(19)11(4)7-12(10(2)3)16(5)13(18)8-15-9-17;1-9(2)10(3)11-7-5-4-6-8-11;1-3-2/h7,9-10,12H,6,8H2,1-5H3,(H,15,17);9-10H,4-8H2,1-3H3;3H2,1-2H3/b11-7+;;/t12-;;/m1../s1. The molecule has 7 heteroatoms. The summed E-state index contributed by atoms with van der Waals surface area (Å²) in [4.78, 5) is 37.9. The molecule has 34 heavy (non-hydrogen) atoms. The molecule has 0 aromatic carbocycles. The first-order valence-corrected chi connectivity index (χ1v) is 13.0. The highest BCUT2D eigenvalue weighted by Crippen LogP contribution is 2.16. The Morgan fingerprint density at radius 3 is 1.94 bits per heavy atom. The van der Waals surface area contributed by atoms with E-state index in [2.05, 4.69) is 44.8 Å². The van der Waals surface area contributed by atoms with E-state index < -0.39 is 0 Å². The van der Waals surface area contributed by atoms with Gasteiger partial charge in [-0.25, -0.2) is 4.79 Å². The Kier molecular flexibility index (Phi) is 20.6. The van der Waals surface area contributed by atoms with Gasteiger partial charge in [0, 0.05) is 18.7 Å². The van der Waals surface area contributed by atoms with Crippen LogP contribution in [0.25, 0.3) is 0 Å². The van der Waals surface area contributed by atoms with Gasteiger partial charge in [-0.3, -0.25) is 9.59 Å². The number of piperidine rings is 1. The number of hydrogen-bond acceptors (Lipinski definition) is 5. The van der Waals surface area contributed by atoms with Crippen molar-refractivity contribution in [3.8, 4) is 0 Å². The smallest absolute Gasteiger partial charge is 0.333 e. The summed E-state index contributed by atoms with van der Waals surface area (Å²) in [6.07, 6.45) is 7.73. The van der Waals surface area contributed by atoms with Gasteiger partial charge < -0.3 is 19.9 Å². The lowest BCUT2D eigenvalue weighted by Gasteiger charge is -2.34. The first kappa shape index (κ1) is 34.3. The van der Waals surface area contributed by atoms with Gasteiger partial charge in [0.2, 0.25) is 12.3 Å². The first-order valence-electron chi connectivity index (χ1n) is 13.0. The predicted molar refractivity (Wildman–Crippen MR) is 142 cm³/mol. The van der Waals surface area contributed by atoms with Gasteiger partial charge in [0.15, 0.2) is 0 Å². The van der Waals surface area contributed by atoms with E-state index in [0.29, 0.717) is 18.6 Å². The van der Waals surface area contributed by atoms with Crippen molar-refractivity contribution in [2.45, 2.75) is 100 Å². The molecule has 0 spiro atoms. The Labute approximate surface area is 209 Å². The Hall–Kier alpha value is -1.89. The quantitative estimate of drug-likeness (QED) is 0.278. The number of nitrogens with one attached hydrogen (secondary N) is 1. The molecule has 1 N–H and O–H groups in total. The number of esters is 1. The van der Waals surface area contributed by atoms with Crippen molar-refractivity contribution in [3.05, 3.63) is 11.6 Å². The van der Waals surface area contributed by atoms with Crippen LogP contribution in [-0.4, -0.2) is 73.5 Å².